The molecule has 0 bridgehead atoms. The number of hydrogen-bond acceptors (Lipinski definition) is 1. The van der Waals surface area contributed by atoms with Gasteiger partial charge < -0.3 is 5.73 Å². The third-order valence-corrected chi connectivity index (χ3v) is 5.75. The molecule has 0 saturated heterocycles. The molecule has 0 amide bonds. The lowest BCUT2D eigenvalue weighted by atomic mass is 9.94. The van der Waals surface area contributed by atoms with Gasteiger partial charge in [-0.3, -0.25) is 0 Å². The zero-order valence-electron chi connectivity index (χ0n) is 16.8. The van der Waals surface area contributed by atoms with Gasteiger partial charge in [0.2, 0.25) is 0 Å². The number of aryl methyl sites for hydroxylation is 1. The highest BCUT2D eigenvalue weighted by molar-refractivity contribution is 6.08. The predicted octanol–water partition coefficient (Wildman–Crippen LogP) is 7.40. The topological polar surface area (TPSA) is 26.0 Å². The molecular formula is C26H35N. The molecule has 0 aromatic heterocycles. The van der Waals surface area contributed by atoms with E-state index in [1.807, 2.05) is 0 Å². The maximum absolute atomic E-state index is 5.54. The summed E-state index contributed by atoms with van der Waals surface area (Å²) in [6, 6.07) is 20.1. The third kappa shape index (κ3) is 5.81. The van der Waals surface area contributed by atoms with E-state index in [-0.39, 0.29) is 0 Å². The average molecular weight is 362 g/mol. The fourth-order valence-corrected chi connectivity index (χ4v) is 4.21. The molecule has 2 N–H and O–H groups in total. The van der Waals surface area contributed by atoms with Crippen molar-refractivity contribution in [2.75, 3.05) is 6.54 Å². The van der Waals surface area contributed by atoms with E-state index in [1.165, 1.54) is 97.7 Å². The molecule has 0 saturated carbocycles. The van der Waals surface area contributed by atoms with Gasteiger partial charge in [-0.05, 0) is 52.9 Å². The van der Waals surface area contributed by atoms with E-state index in [0.29, 0.717) is 0 Å². The van der Waals surface area contributed by atoms with Crippen molar-refractivity contribution in [1.82, 2.24) is 0 Å². The van der Waals surface area contributed by atoms with E-state index in [1.54, 1.807) is 0 Å². The van der Waals surface area contributed by atoms with Crippen LogP contribution in [0.5, 0.6) is 0 Å². The van der Waals surface area contributed by atoms with Crippen LogP contribution in [0.25, 0.3) is 21.5 Å². The molecule has 0 aliphatic heterocycles. The Balaban J connectivity index is 1.44. The molecule has 3 aromatic rings. The largest absolute Gasteiger partial charge is 0.330 e. The van der Waals surface area contributed by atoms with Crippen molar-refractivity contribution in [3.05, 3.63) is 60.2 Å². The Morgan fingerprint density at radius 3 is 1.70 bits per heavy atom. The van der Waals surface area contributed by atoms with Crippen LogP contribution in [0.1, 0.15) is 69.8 Å². The Hall–Kier alpha value is -1.86. The predicted molar refractivity (Wildman–Crippen MR) is 120 cm³/mol. The molecule has 144 valence electrons. The summed E-state index contributed by atoms with van der Waals surface area (Å²) in [5.41, 5.74) is 7.06. The molecule has 0 aliphatic carbocycles. The lowest BCUT2D eigenvalue weighted by Crippen LogP contribution is -1.97. The Labute approximate surface area is 165 Å². The number of unbranched alkanes of at least 4 members (excludes halogenated alkanes) is 9. The van der Waals surface area contributed by atoms with E-state index < -0.39 is 0 Å². The third-order valence-electron chi connectivity index (χ3n) is 5.75. The summed E-state index contributed by atoms with van der Waals surface area (Å²) >= 11 is 0. The van der Waals surface area contributed by atoms with Gasteiger partial charge in [-0.2, -0.15) is 0 Å². The lowest BCUT2D eigenvalue weighted by molar-refractivity contribution is 0.553. The van der Waals surface area contributed by atoms with Crippen molar-refractivity contribution in [3.63, 3.8) is 0 Å². The first-order valence-corrected chi connectivity index (χ1v) is 11.0. The first-order chi connectivity index (χ1) is 13.4. The standard InChI is InChI=1S/C26H35N/c27-20-14-8-6-4-2-1-3-5-7-9-15-22-21-23-16-10-11-17-24(23)26-19-13-12-18-25(22)26/h10-13,16-19,21H,1-9,14-15,20,27H2. The summed E-state index contributed by atoms with van der Waals surface area (Å²) in [4.78, 5) is 0. The second kappa shape index (κ2) is 11.1. The summed E-state index contributed by atoms with van der Waals surface area (Å²) in [6.45, 7) is 0.854. The molecule has 1 heteroatoms. The molecule has 0 unspecified atom stereocenters. The molecular weight excluding hydrogens is 326 g/mol. The number of fused-ring (bicyclic) bond motifs is 3. The quantitative estimate of drug-likeness (QED) is 0.264. The Kier molecular flexibility index (Phi) is 8.17. The van der Waals surface area contributed by atoms with E-state index >= 15 is 0 Å². The van der Waals surface area contributed by atoms with Gasteiger partial charge in [-0.25, -0.2) is 0 Å². The van der Waals surface area contributed by atoms with E-state index in [9.17, 15) is 0 Å². The van der Waals surface area contributed by atoms with Gasteiger partial charge >= 0.3 is 0 Å². The highest BCUT2D eigenvalue weighted by Gasteiger charge is 2.06. The van der Waals surface area contributed by atoms with E-state index in [2.05, 4.69) is 54.6 Å². The van der Waals surface area contributed by atoms with E-state index in [0.717, 1.165) is 6.54 Å². The Morgan fingerprint density at radius 2 is 1.04 bits per heavy atom. The molecule has 0 aliphatic rings. The smallest absolute Gasteiger partial charge is 0.00773 e. The highest BCUT2D eigenvalue weighted by atomic mass is 14.5. The lowest BCUT2D eigenvalue weighted by Gasteiger charge is -2.10. The van der Waals surface area contributed by atoms with Gasteiger partial charge in [0.1, 0.15) is 0 Å². The number of rotatable bonds is 12. The van der Waals surface area contributed by atoms with Crippen LogP contribution >= 0.6 is 0 Å². The second-order valence-corrected chi connectivity index (χ2v) is 7.88. The van der Waals surface area contributed by atoms with Crippen molar-refractivity contribution in [2.24, 2.45) is 5.73 Å². The minimum absolute atomic E-state index is 0.854. The Bertz CT molecular complexity index is 821. The molecule has 0 atom stereocenters. The molecule has 3 aromatic carbocycles. The monoisotopic (exact) mass is 361 g/mol. The Morgan fingerprint density at radius 1 is 0.519 bits per heavy atom. The molecule has 0 spiro atoms. The molecule has 0 heterocycles. The zero-order chi connectivity index (χ0) is 18.7. The van der Waals surface area contributed by atoms with Gasteiger partial charge in [0.25, 0.3) is 0 Å². The van der Waals surface area contributed by atoms with Crippen LogP contribution in [-0.4, -0.2) is 6.54 Å². The van der Waals surface area contributed by atoms with Gasteiger partial charge in [-0.15, -0.1) is 0 Å². The van der Waals surface area contributed by atoms with Crippen LogP contribution in [-0.2, 0) is 6.42 Å². The number of benzene rings is 3. The molecule has 3 rings (SSSR count). The zero-order valence-corrected chi connectivity index (χ0v) is 16.8. The molecule has 0 radical (unpaired) electrons. The van der Waals surface area contributed by atoms with Gasteiger partial charge in [0.15, 0.2) is 0 Å². The van der Waals surface area contributed by atoms with Crippen molar-refractivity contribution >= 4 is 21.5 Å². The molecule has 0 fully saturated rings. The summed E-state index contributed by atoms with van der Waals surface area (Å²) in [5, 5.41) is 5.60. The maximum atomic E-state index is 5.54. The van der Waals surface area contributed by atoms with Crippen molar-refractivity contribution < 1.29 is 0 Å². The van der Waals surface area contributed by atoms with Crippen LogP contribution < -0.4 is 5.73 Å². The van der Waals surface area contributed by atoms with Gasteiger partial charge in [-0.1, -0.05) is 106 Å². The molecule has 1 nitrogen and oxygen atoms in total. The normalized spacial score (nSPS) is 11.4. The number of hydrogen-bond donors (Lipinski definition) is 1. The van der Waals surface area contributed by atoms with Crippen LogP contribution in [0, 0.1) is 0 Å². The maximum Gasteiger partial charge on any atom is -0.00773 e. The minimum Gasteiger partial charge on any atom is -0.330 e. The number of nitrogens with two attached hydrogens (primary N) is 1. The van der Waals surface area contributed by atoms with Crippen LogP contribution in [0.2, 0.25) is 0 Å². The van der Waals surface area contributed by atoms with Crippen LogP contribution in [0.4, 0.5) is 0 Å². The van der Waals surface area contributed by atoms with Crippen LogP contribution in [0.3, 0.4) is 0 Å². The SMILES string of the molecule is NCCCCCCCCCCCCc1cc2ccccc2c2ccccc12. The summed E-state index contributed by atoms with van der Waals surface area (Å²) in [7, 11) is 0. The van der Waals surface area contributed by atoms with Crippen molar-refractivity contribution in [2.45, 2.75) is 70.6 Å². The fraction of sp³-hybridized carbons (Fsp3) is 0.462. The summed E-state index contributed by atoms with van der Waals surface area (Å²) in [5.74, 6) is 0. The van der Waals surface area contributed by atoms with Crippen molar-refractivity contribution in [1.29, 1.82) is 0 Å². The highest BCUT2D eigenvalue weighted by Crippen LogP contribution is 2.29. The van der Waals surface area contributed by atoms with Gasteiger partial charge in [0, 0.05) is 0 Å². The average Bonchev–Trinajstić information content (AvgIpc) is 2.72. The van der Waals surface area contributed by atoms with E-state index in [4.69, 9.17) is 5.73 Å². The minimum atomic E-state index is 0.854. The second-order valence-electron chi connectivity index (χ2n) is 7.88. The van der Waals surface area contributed by atoms with Crippen LogP contribution in [0.15, 0.2) is 54.6 Å². The molecule has 27 heavy (non-hydrogen) atoms. The first-order valence-electron chi connectivity index (χ1n) is 11.0. The summed E-state index contributed by atoms with van der Waals surface area (Å²) < 4.78 is 0. The fourth-order valence-electron chi connectivity index (χ4n) is 4.21. The van der Waals surface area contributed by atoms with Crippen molar-refractivity contribution in [3.8, 4) is 0 Å². The first kappa shape index (κ1) is 19.9. The summed E-state index contributed by atoms with van der Waals surface area (Å²) in [6.07, 6.45) is 14.7. The van der Waals surface area contributed by atoms with Gasteiger partial charge in [0.05, 0.1) is 0 Å².